The maximum absolute atomic E-state index is 13.4. The number of para-hydroxylation sites is 1. The Morgan fingerprint density at radius 3 is 2.60 bits per heavy atom. The number of nitro groups is 1. The molecule has 0 unspecified atom stereocenters. The van der Waals surface area contributed by atoms with Crippen LogP contribution < -0.4 is 5.56 Å². The second-order valence-corrected chi connectivity index (χ2v) is 8.62. The zero-order valence-corrected chi connectivity index (χ0v) is 19.4. The Bertz CT molecular complexity index is 1590. The summed E-state index contributed by atoms with van der Waals surface area (Å²) in [5.41, 5.74) is 2.76. The molecule has 0 atom stereocenters. The van der Waals surface area contributed by atoms with E-state index in [0.717, 1.165) is 12.1 Å². The van der Waals surface area contributed by atoms with Crippen LogP contribution in [-0.2, 0) is 12.2 Å². The molecule has 9 nitrogen and oxygen atoms in total. The van der Waals surface area contributed by atoms with E-state index >= 15 is 0 Å². The Labute approximate surface area is 203 Å². The van der Waals surface area contributed by atoms with Gasteiger partial charge >= 0.3 is 0 Å². The summed E-state index contributed by atoms with van der Waals surface area (Å²) in [5.74, 6) is 0.829. The molecular formula is C25H19N5O4S. The predicted octanol–water partition coefficient (Wildman–Crippen LogP) is 5.20. The van der Waals surface area contributed by atoms with Crippen molar-refractivity contribution in [1.82, 2.24) is 19.7 Å². The molecule has 174 valence electrons. The third-order valence-electron chi connectivity index (χ3n) is 5.46. The van der Waals surface area contributed by atoms with E-state index in [1.165, 1.54) is 29.5 Å². The number of fused-ring (bicyclic) bond motifs is 1. The summed E-state index contributed by atoms with van der Waals surface area (Å²) in [7, 11) is 0. The summed E-state index contributed by atoms with van der Waals surface area (Å²) < 4.78 is 6.96. The minimum atomic E-state index is -0.474. The van der Waals surface area contributed by atoms with Gasteiger partial charge in [-0.3, -0.25) is 19.5 Å². The molecule has 0 aliphatic heterocycles. The molecule has 5 rings (SSSR count). The highest BCUT2D eigenvalue weighted by Gasteiger charge is 2.17. The van der Waals surface area contributed by atoms with E-state index in [1.807, 2.05) is 36.4 Å². The lowest BCUT2D eigenvalue weighted by Gasteiger charge is -2.13. The zero-order valence-electron chi connectivity index (χ0n) is 18.6. The fourth-order valence-electron chi connectivity index (χ4n) is 3.63. The van der Waals surface area contributed by atoms with E-state index in [0.29, 0.717) is 27.5 Å². The molecule has 5 aromatic rings. The van der Waals surface area contributed by atoms with Gasteiger partial charge in [0.15, 0.2) is 5.16 Å². The van der Waals surface area contributed by atoms with Crippen molar-refractivity contribution in [3.63, 3.8) is 0 Å². The fourth-order valence-corrected chi connectivity index (χ4v) is 4.48. The number of thioether (sulfide) groups is 1. The third-order valence-corrected chi connectivity index (χ3v) is 6.38. The number of aromatic nitrogens is 4. The smallest absolute Gasteiger partial charge is 0.270 e. The fraction of sp³-hybridized carbons (Fsp3) is 0.120. The van der Waals surface area contributed by atoms with Crippen molar-refractivity contribution in [3.05, 3.63) is 105 Å². The van der Waals surface area contributed by atoms with Crippen LogP contribution in [0.25, 0.3) is 28.0 Å². The molecule has 35 heavy (non-hydrogen) atoms. The molecule has 0 saturated carbocycles. The predicted molar refractivity (Wildman–Crippen MR) is 133 cm³/mol. The Morgan fingerprint density at radius 2 is 1.83 bits per heavy atom. The molecule has 10 heteroatoms. The first kappa shape index (κ1) is 22.5. The number of nitro benzene ring substituents is 1. The SMILES string of the molecule is CCc1ccc(-n2c(SCc3nc(-c4cccc([N+](=O)[O-])c4)no3)nc3ccccc3c2=O)cc1. The molecule has 0 amide bonds. The Balaban J connectivity index is 1.48. The van der Waals surface area contributed by atoms with Crippen LogP contribution in [-0.4, -0.2) is 24.6 Å². The Kier molecular flexibility index (Phi) is 6.11. The van der Waals surface area contributed by atoms with Gasteiger partial charge in [-0.15, -0.1) is 0 Å². The highest BCUT2D eigenvalue weighted by atomic mass is 32.2. The van der Waals surface area contributed by atoms with E-state index < -0.39 is 4.92 Å². The molecule has 2 aromatic heterocycles. The van der Waals surface area contributed by atoms with Gasteiger partial charge in [-0.25, -0.2) is 4.98 Å². The van der Waals surface area contributed by atoms with Crippen LogP contribution >= 0.6 is 11.8 Å². The molecular weight excluding hydrogens is 466 g/mol. The monoisotopic (exact) mass is 485 g/mol. The zero-order chi connectivity index (χ0) is 24.4. The number of aryl methyl sites for hydroxylation is 1. The number of non-ortho nitro benzene ring substituents is 1. The molecule has 0 fully saturated rings. The lowest BCUT2D eigenvalue weighted by Crippen LogP contribution is -2.21. The number of rotatable bonds is 7. The van der Waals surface area contributed by atoms with Gasteiger partial charge in [0.2, 0.25) is 11.7 Å². The summed E-state index contributed by atoms with van der Waals surface area (Å²) in [5, 5.41) is 16.0. The van der Waals surface area contributed by atoms with Crippen LogP contribution in [0.15, 0.2) is 87.3 Å². The average Bonchev–Trinajstić information content (AvgIpc) is 3.37. The van der Waals surface area contributed by atoms with Crippen molar-refractivity contribution >= 4 is 28.4 Å². The van der Waals surface area contributed by atoms with E-state index in [4.69, 9.17) is 9.51 Å². The Morgan fingerprint density at radius 1 is 1.03 bits per heavy atom. The quantitative estimate of drug-likeness (QED) is 0.134. The minimum absolute atomic E-state index is 0.0540. The molecule has 3 aromatic carbocycles. The van der Waals surface area contributed by atoms with Gasteiger partial charge < -0.3 is 4.52 Å². The van der Waals surface area contributed by atoms with Crippen LogP contribution in [0, 0.1) is 10.1 Å². The number of benzene rings is 3. The van der Waals surface area contributed by atoms with Crippen LogP contribution in [0.1, 0.15) is 18.4 Å². The maximum atomic E-state index is 13.4. The summed E-state index contributed by atoms with van der Waals surface area (Å²) in [4.78, 5) is 33.1. The van der Waals surface area contributed by atoms with Crippen molar-refractivity contribution in [3.8, 4) is 17.1 Å². The lowest BCUT2D eigenvalue weighted by molar-refractivity contribution is -0.384. The second kappa shape index (κ2) is 9.51. The van der Waals surface area contributed by atoms with Crippen LogP contribution in [0.4, 0.5) is 5.69 Å². The molecule has 0 bridgehead atoms. The second-order valence-electron chi connectivity index (χ2n) is 7.68. The summed E-state index contributed by atoms with van der Waals surface area (Å²) in [6.45, 7) is 2.08. The summed E-state index contributed by atoms with van der Waals surface area (Å²) >= 11 is 1.30. The molecule has 0 spiro atoms. The van der Waals surface area contributed by atoms with E-state index in [-0.39, 0.29) is 22.8 Å². The van der Waals surface area contributed by atoms with E-state index in [1.54, 1.807) is 28.8 Å². The topological polar surface area (TPSA) is 117 Å². The van der Waals surface area contributed by atoms with E-state index in [2.05, 4.69) is 17.1 Å². The standard InChI is InChI=1S/C25H19N5O4S/c1-2-16-10-12-18(13-11-16)29-24(31)20-8-3-4-9-21(20)26-25(29)35-15-22-27-23(28-34-22)17-6-5-7-19(14-17)30(32)33/h3-14H,2,15H2,1H3. The number of nitrogens with zero attached hydrogens (tertiary/aromatic N) is 5. The Hall–Kier alpha value is -4.31. The van der Waals surface area contributed by atoms with Gasteiger partial charge in [0, 0.05) is 17.7 Å². The third kappa shape index (κ3) is 4.56. The molecule has 0 saturated heterocycles. The number of hydrogen-bond acceptors (Lipinski definition) is 8. The number of hydrogen-bond donors (Lipinski definition) is 0. The normalized spacial score (nSPS) is 11.1. The van der Waals surface area contributed by atoms with Gasteiger partial charge in [-0.2, -0.15) is 4.98 Å². The van der Waals surface area contributed by atoms with Gasteiger partial charge in [-0.1, -0.05) is 60.2 Å². The molecule has 2 heterocycles. The molecule has 0 radical (unpaired) electrons. The van der Waals surface area contributed by atoms with Crippen molar-refractivity contribution in [2.24, 2.45) is 0 Å². The van der Waals surface area contributed by atoms with Crippen molar-refractivity contribution in [2.45, 2.75) is 24.3 Å². The van der Waals surface area contributed by atoms with Crippen LogP contribution in [0.2, 0.25) is 0 Å². The van der Waals surface area contributed by atoms with Crippen molar-refractivity contribution in [1.29, 1.82) is 0 Å². The molecule has 0 aliphatic rings. The molecule has 0 N–H and O–H groups in total. The largest absolute Gasteiger partial charge is 0.338 e. The van der Waals surface area contributed by atoms with Crippen LogP contribution in [0.3, 0.4) is 0 Å². The first-order valence-electron chi connectivity index (χ1n) is 10.8. The lowest BCUT2D eigenvalue weighted by atomic mass is 10.1. The van der Waals surface area contributed by atoms with Crippen molar-refractivity contribution < 1.29 is 9.45 Å². The van der Waals surface area contributed by atoms with Crippen LogP contribution in [0.5, 0.6) is 0 Å². The minimum Gasteiger partial charge on any atom is -0.338 e. The average molecular weight is 486 g/mol. The van der Waals surface area contributed by atoms with Gasteiger partial charge in [0.1, 0.15) is 0 Å². The van der Waals surface area contributed by atoms with Gasteiger partial charge in [-0.05, 0) is 36.2 Å². The highest BCUT2D eigenvalue weighted by Crippen LogP contribution is 2.26. The van der Waals surface area contributed by atoms with Gasteiger partial charge in [0.25, 0.3) is 11.2 Å². The first-order valence-corrected chi connectivity index (χ1v) is 11.8. The van der Waals surface area contributed by atoms with E-state index in [9.17, 15) is 14.9 Å². The summed E-state index contributed by atoms with van der Waals surface area (Å²) in [6, 6.07) is 21.1. The first-order chi connectivity index (χ1) is 17.0. The molecule has 0 aliphatic carbocycles. The maximum Gasteiger partial charge on any atom is 0.270 e. The van der Waals surface area contributed by atoms with Crippen molar-refractivity contribution in [2.75, 3.05) is 0 Å². The summed E-state index contributed by atoms with van der Waals surface area (Å²) in [6.07, 6.45) is 0.900. The highest BCUT2D eigenvalue weighted by molar-refractivity contribution is 7.98. The van der Waals surface area contributed by atoms with Gasteiger partial charge in [0.05, 0.1) is 27.3 Å².